The summed E-state index contributed by atoms with van der Waals surface area (Å²) in [7, 11) is 0. The van der Waals surface area contributed by atoms with Gasteiger partial charge in [-0.25, -0.2) is 4.79 Å². The molecule has 2 aliphatic rings. The fraction of sp³-hybridized carbons (Fsp3) is 0.379. The van der Waals surface area contributed by atoms with E-state index in [9.17, 15) is 14.4 Å². The summed E-state index contributed by atoms with van der Waals surface area (Å²) in [6.45, 7) is 4.08. The minimum absolute atomic E-state index is 0.0187. The molecule has 5 rings (SSSR count). The Kier molecular flexibility index (Phi) is 7.81. The second kappa shape index (κ2) is 11.6. The van der Waals surface area contributed by atoms with Crippen LogP contribution in [0.1, 0.15) is 66.2 Å². The molecule has 10 heteroatoms. The van der Waals surface area contributed by atoms with Crippen LogP contribution in [0.2, 0.25) is 0 Å². The monoisotopic (exact) mass is 532 g/mol. The molecule has 1 aliphatic heterocycles. The topological polar surface area (TPSA) is 132 Å². The molecule has 0 radical (unpaired) electrons. The van der Waals surface area contributed by atoms with Gasteiger partial charge in [-0.1, -0.05) is 36.4 Å². The van der Waals surface area contributed by atoms with E-state index in [2.05, 4.69) is 20.8 Å². The van der Waals surface area contributed by atoms with Gasteiger partial charge >= 0.3 is 6.09 Å². The van der Waals surface area contributed by atoms with Gasteiger partial charge in [0.25, 0.3) is 5.91 Å². The van der Waals surface area contributed by atoms with Crippen molar-refractivity contribution in [3.63, 3.8) is 0 Å². The van der Waals surface area contributed by atoms with Gasteiger partial charge in [0.15, 0.2) is 18.2 Å². The molecule has 39 heavy (non-hydrogen) atoms. The van der Waals surface area contributed by atoms with E-state index in [1.165, 1.54) is 0 Å². The van der Waals surface area contributed by atoms with Crippen LogP contribution in [0.4, 0.5) is 10.6 Å². The van der Waals surface area contributed by atoms with Crippen LogP contribution in [-0.2, 0) is 22.6 Å². The largest absolute Gasteiger partial charge is 0.488 e. The molecule has 3 N–H and O–H groups in total. The van der Waals surface area contributed by atoms with Gasteiger partial charge in [-0.05, 0) is 50.3 Å². The average molecular weight is 533 g/mol. The fourth-order valence-corrected chi connectivity index (χ4v) is 5.00. The van der Waals surface area contributed by atoms with Crippen LogP contribution in [0.5, 0.6) is 11.5 Å². The number of hydrogen-bond acceptors (Lipinski definition) is 7. The van der Waals surface area contributed by atoms with Crippen molar-refractivity contribution in [2.75, 3.05) is 5.32 Å². The highest BCUT2D eigenvalue weighted by atomic mass is 16.6. The van der Waals surface area contributed by atoms with Gasteiger partial charge in [0, 0.05) is 30.1 Å². The minimum Gasteiger partial charge on any atom is -0.488 e. The molecule has 2 heterocycles. The van der Waals surface area contributed by atoms with Gasteiger partial charge in [-0.2, -0.15) is 5.10 Å². The van der Waals surface area contributed by atoms with Gasteiger partial charge in [0.2, 0.25) is 0 Å². The molecule has 1 aliphatic carbocycles. The predicted molar refractivity (Wildman–Crippen MR) is 143 cm³/mol. The molecule has 3 atom stereocenters. The van der Waals surface area contributed by atoms with Crippen LogP contribution in [-0.4, -0.2) is 46.7 Å². The SMILES string of the molecule is CC(C)NC(=O)O[C@@H]1CC[C@H](c2cc(NC(=O)C3Cc4ccc(OCc5ccccc5)c(C=O)c4O3)n[nH]2)C1. The Morgan fingerprint density at radius 2 is 2.00 bits per heavy atom. The predicted octanol–water partition coefficient (Wildman–Crippen LogP) is 4.51. The zero-order chi connectivity index (χ0) is 27.4. The number of ether oxygens (including phenoxy) is 3. The Labute approximate surface area is 226 Å². The lowest BCUT2D eigenvalue weighted by atomic mass is 10.0. The van der Waals surface area contributed by atoms with Gasteiger partial charge in [0.05, 0.1) is 5.56 Å². The highest BCUT2D eigenvalue weighted by molar-refractivity contribution is 5.95. The highest BCUT2D eigenvalue weighted by Crippen LogP contribution is 2.38. The van der Waals surface area contributed by atoms with Crippen LogP contribution in [0.25, 0.3) is 0 Å². The molecule has 204 valence electrons. The van der Waals surface area contributed by atoms with Crippen molar-refractivity contribution in [3.05, 3.63) is 70.9 Å². The Morgan fingerprint density at radius 3 is 2.77 bits per heavy atom. The lowest BCUT2D eigenvalue weighted by Gasteiger charge is -2.14. The molecule has 1 saturated carbocycles. The Bertz CT molecular complexity index is 1340. The Morgan fingerprint density at radius 1 is 1.18 bits per heavy atom. The first-order chi connectivity index (χ1) is 18.9. The third-order valence-corrected chi connectivity index (χ3v) is 6.90. The number of nitrogens with zero attached hydrogens (tertiary/aromatic N) is 1. The quantitative estimate of drug-likeness (QED) is 0.346. The summed E-state index contributed by atoms with van der Waals surface area (Å²) in [5.41, 5.74) is 2.91. The van der Waals surface area contributed by atoms with Crippen molar-refractivity contribution in [2.45, 2.75) is 70.3 Å². The summed E-state index contributed by atoms with van der Waals surface area (Å²) >= 11 is 0. The molecular weight excluding hydrogens is 500 g/mol. The number of nitrogens with one attached hydrogen (secondary N) is 3. The normalized spacial score (nSPS) is 19.7. The van der Waals surface area contributed by atoms with E-state index in [1.54, 1.807) is 12.1 Å². The molecule has 1 fully saturated rings. The molecule has 0 bridgehead atoms. The lowest BCUT2D eigenvalue weighted by Crippen LogP contribution is -2.33. The number of aromatic nitrogens is 2. The summed E-state index contributed by atoms with van der Waals surface area (Å²) in [6.07, 6.45) is 1.97. The molecule has 3 aromatic rings. The summed E-state index contributed by atoms with van der Waals surface area (Å²) in [5, 5.41) is 12.8. The van der Waals surface area contributed by atoms with E-state index in [-0.39, 0.29) is 24.0 Å². The first kappa shape index (κ1) is 26.3. The zero-order valence-electron chi connectivity index (χ0n) is 21.9. The maximum absolute atomic E-state index is 13.0. The number of amides is 2. The number of hydrogen-bond donors (Lipinski definition) is 3. The zero-order valence-corrected chi connectivity index (χ0v) is 21.9. The van der Waals surface area contributed by atoms with Crippen LogP contribution in [0, 0.1) is 0 Å². The molecule has 10 nitrogen and oxygen atoms in total. The fourth-order valence-electron chi connectivity index (χ4n) is 5.00. The molecule has 1 aromatic heterocycles. The van der Waals surface area contributed by atoms with Crippen molar-refractivity contribution in [3.8, 4) is 11.5 Å². The van der Waals surface area contributed by atoms with E-state index in [1.807, 2.05) is 50.2 Å². The van der Waals surface area contributed by atoms with Gasteiger partial charge < -0.3 is 24.8 Å². The van der Waals surface area contributed by atoms with E-state index in [4.69, 9.17) is 14.2 Å². The van der Waals surface area contributed by atoms with E-state index >= 15 is 0 Å². The Balaban J connectivity index is 1.17. The number of fused-ring (bicyclic) bond motifs is 1. The number of aromatic amines is 1. The van der Waals surface area contributed by atoms with E-state index in [0.29, 0.717) is 48.6 Å². The van der Waals surface area contributed by atoms with Gasteiger partial charge in [0.1, 0.15) is 24.2 Å². The number of carbonyl (C=O) groups is 3. The maximum atomic E-state index is 13.0. The molecule has 2 aromatic carbocycles. The number of rotatable bonds is 9. The number of anilines is 1. The smallest absolute Gasteiger partial charge is 0.407 e. The number of alkyl carbamates (subject to hydrolysis) is 1. The summed E-state index contributed by atoms with van der Waals surface area (Å²) in [5.74, 6) is 0.962. The summed E-state index contributed by atoms with van der Waals surface area (Å²) in [6, 6.07) is 15.0. The molecular formula is C29H32N4O6. The second-order valence-corrected chi connectivity index (χ2v) is 10.2. The van der Waals surface area contributed by atoms with Crippen LogP contribution in [0.15, 0.2) is 48.5 Å². The van der Waals surface area contributed by atoms with Gasteiger partial charge in [-0.3, -0.25) is 14.7 Å². The summed E-state index contributed by atoms with van der Waals surface area (Å²) < 4.78 is 17.3. The molecule has 0 saturated heterocycles. The maximum Gasteiger partial charge on any atom is 0.407 e. The average Bonchev–Trinajstić information content (AvgIpc) is 3.67. The number of benzene rings is 2. The second-order valence-electron chi connectivity index (χ2n) is 10.2. The minimum atomic E-state index is -0.799. The number of aldehydes is 1. The molecule has 2 amide bonds. The van der Waals surface area contributed by atoms with E-state index < -0.39 is 12.2 Å². The highest BCUT2D eigenvalue weighted by Gasteiger charge is 2.34. The van der Waals surface area contributed by atoms with E-state index in [0.717, 1.165) is 29.7 Å². The number of carbonyl (C=O) groups excluding carboxylic acids is 3. The molecule has 0 spiro atoms. The first-order valence-corrected chi connectivity index (χ1v) is 13.2. The van der Waals surface area contributed by atoms with Crippen LogP contribution >= 0.6 is 0 Å². The summed E-state index contributed by atoms with van der Waals surface area (Å²) in [4.78, 5) is 36.8. The standard InChI is InChI=1S/C29H32N4O6/c1-17(2)30-29(36)38-21-10-8-19(12-21)23-14-26(33-32-23)31-28(35)25-13-20-9-11-24(22(15-34)27(20)39-25)37-16-18-6-4-3-5-7-18/h3-7,9,11,14-15,17,19,21,25H,8,10,12-13,16H2,1-2H3,(H,30,36)(H2,31,32,33,35)/t19-,21+,25?/m0/s1. The van der Waals surface area contributed by atoms with Gasteiger partial charge in [-0.15, -0.1) is 0 Å². The van der Waals surface area contributed by atoms with Crippen molar-refractivity contribution >= 4 is 24.1 Å². The van der Waals surface area contributed by atoms with Crippen LogP contribution in [0.3, 0.4) is 0 Å². The van der Waals surface area contributed by atoms with Crippen molar-refractivity contribution < 1.29 is 28.6 Å². The number of H-pyrrole nitrogens is 1. The van der Waals surface area contributed by atoms with Crippen molar-refractivity contribution in [1.82, 2.24) is 15.5 Å². The third kappa shape index (κ3) is 6.22. The Hall–Kier alpha value is -4.34. The lowest BCUT2D eigenvalue weighted by molar-refractivity contribution is -0.122. The third-order valence-electron chi connectivity index (χ3n) is 6.90. The van der Waals surface area contributed by atoms with Crippen molar-refractivity contribution in [1.29, 1.82) is 0 Å². The molecule has 1 unspecified atom stereocenters. The van der Waals surface area contributed by atoms with Crippen molar-refractivity contribution in [2.24, 2.45) is 0 Å². The first-order valence-electron chi connectivity index (χ1n) is 13.2. The van der Waals surface area contributed by atoms with Crippen LogP contribution < -0.4 is 20.1 Å².